The highest BCUT2D eigenvalue weighted by Crippen LogP contribution is 2.32. The molecule has 0 unspecified atom stereocenters. The molecule has 3 aromatic rings. The summed E-state index contributed by atoms with van der Waals surface area (Å²) in [6.45, 7) is 0. The Balaban J connectivity index is 2.29. The number of aromatic amines is 1. The summed E-state index contributed by atoms with van der Waals surface area (Å²) in [5.74, 6) is 0. The highest BCUT2D eigenvalue weighted by atomic mass is 79.9. The third-order valence-corrected chi connectivity index (χ3v) is 3.83. The Morgan fingerprint density at radius 1 is 1.20 bits per heavy atom. The maximum absolute atomic E-state index is 3.47. The molecule has 0 saturated carbocycles. The molecule has 0 atom stereocenters. The van der Waals surface area contributed by atoms with Gasteiger partial charge in [0.25, 0.3) is 0 Å². The SMILES string of the molecule is Brc1ccc2c(-c3cccs3)c[nH]c2c1. The summed E-state index contributed by atoms with van der Waals surface area (Å²) in [5, 5.41) is 3.38. The van der Waals surface area contributed by atoms with Crippen LogP contribution in [0.3, 0.4) is 0 Å². The number of halogens is 1. The number of thiophene rings is 1. The fourth-order valence-electron chi connectivity index (χ4n) is 1.73. The fourth-order valence-corrected chi connectivity index (χ4v) is 2.85. The maximum atomic E-state index is 3.47. The van der Waals surface area contributed by atoms with Crippen LogP contribution in [-0.4, -0.2) is 4.98 Å². The zero-order valence-electron chi connectivity index (χ0n) is 7.83. The normalized spacial score (nSPS) is 11.0. The van der Waals surface area contributed by atoms with Crippen molar-refractivity contribution in [1.82, 2.24) is 4.98 Å². The second-order valence-electron chi connectivity index (χ2n) is 3.37. The standard InChI is InChI=1S/C12H8BrNS/c13-8-3-4-9-10(7-14-11(9)6-8)12-2-1-5-15-12/h1-7,14H. The third kappa shape index (κ3) is 1.52. The monoisotopic (exact) mass is 277 g/mol. The fraction of sp³-hybridized carbons (Fsp3) is 0. The lowest BCUT2D eigenvalue weighted by molar-refractivity contribution is 1.47. The molecule has 3 heteroatoms. The Hall–Kier alpha value is -1.06. The molecule has 2 heterocycles. The Bertz CT molecular complexity index is 595. The van der Waals surface area contributed by atoms with Gasteiger partial charge in [0.1, 0.15) is 0 Å². The summed E-state index contributed by atoms with van der Waals surface area (Å²) < 4.78 is 1.11. The van der Waals surface area contributed by atoms with Gasteiger partial charge in [-0.1, -0.05) is 28.1 Å². The molecule has 0 aliphatic carbocycles. The van der Waals surface area contributed by atoms with Crippen LogP contribution in [0.2, 0.25) is 0 Å². The van der Waals surface area contributed by atoms with Crippen molar-refractivity contribution in [3.8, 4) is 10.4 Å². The van der Waals surface area contributed by atoms with Crippen molar-refractivity contribution in [1.29, 1.82) is 0 Å². The molecule has 15 heavy (non-hydrogen) atoms. The van der Waals surface area contributed by atoms with Crippen LogP contribution < -0.4 is 0 Å². The van der Waals surface area contributed by atoms with E-state index in [0.29, 0.717) is 0 Å². The van der Waals surface area contributed by atoms with Crippen molar-refractivity contribution in [3.05, 3.63) is 46.4 Å². The van der Waals surface area contributed by atoms with Crippen molar-refractivity contribution in [2.24, 2.45) is 0 Å². The second kappa shape index (κ2) is 3.51. The number of nitrogens with one attached hydrogen (secondary N) is 1. The van der Waals surface area contributed by atoms with Crippen LogP contribution in [-0.2, 0) is 0 Å². The number of hydrogen-bond donors (Lipinski definition) is 1. The average Bonchev–Trinajstić information content (AvgIpc) is 2.82. The topological polar surface area (TPSA) is 15.8 Å². The van der Waals surface area contributed by atoms with Gasteiger partial charge in [-0.2, -0.15) is 0 Å². The van der Waals surface area contributed by atoms with Gasteiger partial charge in [0, 0.05) is 32.0 Å². The second-order valence-corrected chi connectivity index (χ2v) is 5.23. The lowest BCUT2D eigenvalue weighted by Crippen LogP contribution is -1.69. The van der Waals surface area contributed by atoms with E-state index in [2.05, 4.69) is 62.8 Å². The molecule has 0 aliphatic rings. The van der Waals surface area contributed by atoms with Gasteiger partial charge in [-0.05, 0) is 23.6 Å². The summed E-state index contributed by atoms with van der Waals surface area (Å²) in [5.41, 5.74) is 2.46. The lowest BCUT2D eigenvalue weighted by Gasteiger charge is -1.95. The van der Waals surface area contributed by atoms with Crippen LogP contribution in [0.15, 0.2) is 46.4 Å². The van der Waals surface area contributed by atoms with E-state index in [-0.39, 0.29) is 0 Å². The van der Waals surface area contributed by atoms with Crippen molar-refractivity contribution >= 4 is 38.2 Å². The lowest BCUT2D eigenvalue weighted by atomic mass is 10.1. The number of fused-ring (bicyclic) bond motifs is 1. The van der Waals surface area contributed by atoms with Crippen LogP contribution in [0.25, 0.3) is 21.3 Å². The van der Waals surface area contributed by atoms with Gasteiger partial charge in [0.05, 0.1) is 0 Å². The first-order valence-electron chi connectivity index (χ1n) is 4.65. The van der Waals surface area contributed by atoms with E-state index in [1.165, 1.54) is 21.3 Å². The van der Waals surface area contributed by atoms with E-state index in [0.717, 1.165) is 4.47 Å². The molecule has 74 valence electrons. The summed E-state index contributed by atoms with van der Waals surface area (Å²) in [7, 11) is 0. The van der Waals surface area contributed by atoms with Crippen LogP contribution in [0, 0.1) is 0 Å². The Kier molecular flexibility index (Phi) is 2.15. The zero-order valence-corrected chi connectivity index (χ0v) is 10.2. The minimum Gasteiger partial charge on any atom is -0.360 e. The molecule has 0 radical (unpaired) electrons. The van der Waals surface area contributed by atoms with E-state index < -0.39 is 0 Å². The van der Waals surface area contributed by atoms with Gasteiger partial charge < -0.3 is 4.98 Å². The molecule has 2 aromatic heterocycles. The van der Waals surface area contributed by atoms with Crippen LogP contribution in [0.4, 0.5) is 0 Å². The van der Waals surface area contributed by atoms with Crippen molar-refractivity contribution in [3.63, 3.8) is 0 Å². The summed E-state index contributed by atoms with van der Waals surface area (Å²) in [6.07, 6.45) is 2.07. The van der Waals surface area contributed by atoms with Gasteiger partial charge >= 0.3 is 0 Å². The first kappa shape index (κ1) is 9.19. The predicted molar refractivity (Wildman–Crippen MR) is 69.3 cm³/mol. The number of H-pyrrole nitrogens is 1. The number of benzene rings is 1. The highest BCUT2D eigenvalue weighted by molar-refractivity contribution is 9.10. The van der Waals surface area contributed by atoms with Gasteiger partial charge in [-0.15, -0.1) is 11.3 Å². The largest absolute Gasteiger partial charge is 0.360 e. The average molecular weight is 278 g/mol. The molecule has 0 spiro atoms. The molecular formula is C12H8BrNS. The molecule has 0 amide bonds. The highest BCUT2D eigenvalue weighted by Gasteiger charge is 2.06. The van der Waals surface area contributed by atoms with Crippen LogP contribution >= 0.6 is 27.3 Å². The number of aromatic nitrogens is 1. The van der Waals surface area contributed by atoms with Crippen molar-refractivity contribution in [2.75, 3.05) is 0 Å². The van der Waals surface area contributed by atoms with Gasteiger partial charge in [0.2, 0.25) is 0 Å². The maximum Gasteiger partial charge on any atom is 0.0472 e. The van der Waals surface area contributed by atoms with Gasteiger partial charge in [-0.3, -0.25) is 0 Å². The Morgan fingerprint density at radius 2 is 2.13 bits per heavy atom. The zero-order chi connectivity index (χ0) is 10.3. The molecule has 0 fully saturated rings. The number of hydrogen-bond acceptors (Lipinski definition) is 1. The molecule has 1 aromatic carbocycles. The van der Waals surface area contributed by atoms with Gasteiger partial charge in [-0.25, -0.2) is 0 Å². The summed E-state index contributed by atoms with van der Waals surface area (Å²) >= 11 is 5.24. The van der Waals surface area contributed by atoms with Crippen LogP contribution in [0.5, 0.6) is 0 Å². The van der Waals surface area contributed by atoms with E-state index >= 15 is 0 Å². The predicted octanol–water partition coefficient (Wildman–Crippen LogP) is 4.66. The number of rotatable bonds is 1. The molecule has 0 bridgehead atoms. The first-order chi connectivity index (χ1) is 7.34. The molecule has 0 aliphatic heterocycles. The molecule has 1 N–H and O–H groups in total. The van der Waals surface area contributed by atoms with Gasteiger partial charge in [0.15, 0.2) is 0 Å². The summed E-state index contributed by atoms with van der Waals surface area (Å²) in [4.78, 5) is 4.60. The summed E-state index contributed by atoms with van der Waals surface area (Å²) in [6, 6.07) is 10.6. The minimum atomic E-state index is 1.11. The van der Waals surface area contributed by atoms with Crippen LogP contribution in [0.1, 0.15) is 0 Å². The molecule has 3 rings (SSSR count). The van der Waals surface area contributed by atoms with Crippen molar-refractivity contribution < 1.29 is 0 Å². The quantitative estimate of drug-likeness (QED) is 0.666. The van der Waals surface area contributed by atoms with E-state index in [4.69, 9.17) is 0 Å². The smallest absolute Gasteiger partial charge is 0.0472 e. The van der Waals surface area contributed by atoms with E-state index in [9.17, 15) is 0 Å². The molecule has 0 saturated heterocycles. The molecular weight excluding hydrogens is 270 g/mol. The molecule has 1 nitrogen and oxygen atoms in total. The van der Waals surface area contributed by atoms with E-state index in [1.54, 1.807) is 11.3 Å². The minimum absolute atomic E-state index is 1.11. The van der Waals surface area contributed by atoms with Crippen molar-refractivity contribution in [2.45, 2.75) is 0 Å². The third-order valence-electron chi connectivity index (χ3n) is 2.43. The van der Waals surface area contributed by atoms with E-state index in [1.807, 2.05) is 0 Å². The Morgan fingerprint density at radius 3 is 2.93 bits per heavy atom. The first-order valence-corrected chi connectivity index (χ1v) is 6.32. The Labute approximate surface area is 99.9 Å².